The molecule has 6 heteroatoms. The fourth-order valence-electron chi connectivity index (χ4n) is 1.99. The molecular formula is C12H25N5O. The molecular weight excluding hydrogens is 230 g/mol. The number of piperazine rings is 1. The second-order valence-electron chi connectivity index (χ2n) is 4.74. The summed E-state index contributed by atoms with van der Waals surface area (Å²) in [6.45, 7) is 7.75. The molecule has 1 fully saturated rings. The molecule has 18 heavy (non-hydrogen) atoms. The van der Waals surface area contributed by atoms with Crippen LogP contribution in [0.3, 0.4) is 0 Å². The zero-order valence-corrected chi connectivity index (χ0v) is 11.4. The van der Waals surface area contributed by atoms with E-state index in [1.807, 2.05) is 11.8 Å². The van der Waals surface area contributed by atoms with Crippen LogP contribution in [0.25, 0.3) is 0 Å². The molecule has 1 heterocycles. The van der Waals surface area contributed by atoms with E-state index in [1.54, 1.807) is 0 Å². The lowest BCUT2D eigenvalue weighted by Crippen LogP contribution is -2.55. The van der Waals surface area contributed by atoms with E-state index < -0.39 is 0 Å². The van der Waals surface area contributed by atoms with Gasteiger partial charge in [0.05, 0.1) is 6.04 Å². The van der Waals surface area contributed by atoms with E-state index in [-0.39, 0.29) is 17.9 Å². The molecule has 0 radical (unpaired) electrons. The van der Waals surface area contributed by atoms with Gasteiger partial charge in [-0.2, -0.15) is 0 Å². The second-order valence-corrected chi connectivity index (χ2v) is 4.74. The van der Waals surface area contributed by atoms with Crippen LogP contribution in [-0.2, 0) is 0 Å². The Morgan fingerprint density at radius 1 is 1.39 bits per heavy atom. The monoisotopic (exact) mass is 255 g/mol. The van der Waals surface area contributed by atoms with Gasteiger partial charge in [-0.25, -0.2) is 4.79 Å². The molecule has 1 aliphatic rings. The lowest BCUT2D eigenvalue weighted by molar-refractivity contribution is 0.131. The minimum Gasteiger partial charge on any atom is -0.386 e. The third-order valence-corrected chi connectivity index (χ3v) is 3.41. The van der Waals surface area contributed by atoms with Gasteiger partial charge in [0.2, 0.25) is 0 Å². The van der Waals surface area contributed by atoms with Crippen molar-refractivity contribution < 1.29 is 4.79 Å². The van der Waals surface area contributed by atoms with Crippen molar-refractivity contribution in [1.29, 1.82) is 5.41 Å². The van der Waals surface area contributed by atoms with E-state index in [2.05, 4.69) is 17.1 Å². The number of nitrogens with two attached hydrogens (primary N) is 1. The van der Waals surface area contributed by atoms with Crippen molar-refractivity contribution in [2.45, 2.75) is 32.7 Å². The molecule has 1 aliphatic heterocycles. The molecule has 0 aromatic carbocycles. The summed E-state index contributed by atoms with van der Waals surface area (Å²) >= 11 is 0. The van der Waals surface area contributed by atoms with Crippen LogP contribution >= 0.6 is 0 Å². The Morgan fingerprint density at radius 3 is 2.50 bits per heavy atom. The van der Waals surface area contributed by atoms with Crippen molar-refractivity contribution in [2.24, 2.45) is 5.73 Å². The smallest absolute Gasteiger partial charge is 0.317 e. The van der Waals surface area contributed by atoms with Gasteiger partial charge < -0.3 is 16.0 Å². The summed E-state index contributed by atoms with van der Waals surface area (Å²) in [5.74, 6) is 0.191. The Kier molecular flexibility index (Phi) is 5.91. The molecule has 0 aliphatic carbocycles. The average molecular weight is 255 g/mol. The zero-order chi connectivity index (χ0) is 13.5. The number of nitrogens with one attached hydrogen (secondary N) is 2. The summed E-state index contributed by atoms with van der Waals surface area (Å²) in [4.78, 5) is 15.8. The maximum absolute atomic E-state index is 11.8. The summed E-state index contributed by atoms with van der Waals surface area (Å²) < 4.78 is 0. The minimum absolute atomic E-state index is 0.0265. The van der Waals surface area contributed by atoms with Gasteiger partial charge >= 0.3 is 6.03 Å². The van der Waals surface area contributed by atoms with Crippen LogP contribution in [0, 0.1) is 5.41 Å². The largest absolute Gasteiger partial charge is 0.386 e. The van der Waals surface area contributed by atoms with Gasteiger partial charge in [-0.05, 0) is 13.3 Å². The molecule has 0 aromatic rings. The summed E-state index contributed by atoms with van der Waals surface area (Å²) in [6.07, 6.45) is 2.11. The highest BCUT2D eigenvalue weighted by molar-refractivity contribution is 5.82. The number of amidine groups is 1. The average Bonchev–Trinajstić information content (AvgIpc) is 2.38. The number of carbonyl (C=O) groups is 1. The van der Waals surface area contributed by atoms with Crippen LogP contribution in [0.1, 0.15) is 26.7 Å². The molecule has 0 spiro atoms. The van der Waals surface area contributed by atoms with Crippen LogP contribution in [-0.4, -0.2) is 60.4 Å². The van der Waals surface area contributed by atoms with Crippen LogP contribution < -0.4 is 11.1 Å². The number of urea groups is 1. The summed E-state index contributed by atoms with van der Waals surface area (Å²) in [6, 6.07) is -0.00567. The molecule has 0 saturated carbocycles. The lowest BCUT2D eigenvalue weighted by Gasteiger charge is -2.37. The molecule has 104 valence electrons. The van der Waals surface area contributed by atoms with Gasteiger partial charge in [0.1, 0.15) is 5.84 Å². The minimum atomic E-state index is -0.0321. The molecule has 1 unspecified atom stereocenters. The van der Waals surface area contributed by atoms with Gasteiger partial charge in [0, 0.05) is 32.7 Å². The van der Waals surface area contributed by atoms with Gasteiger partial charge in [0.15, 0.2) is 0 Å². The quantitative estimate of drug-likeness (QED) is 0.378. The summed E-state index contributed by atoms with van der Waals surface area (Å²) in [5.41, 5.74) is 5.49. The fourth-order valence-corrected chi connectivity index (χ4v) is 1.99. The first kappa shape index (κ1) is 14.8. The highest BCUT2D eigenvalue weighted by atomic mass is 16.2. The highest BCUT2D eigenvalue weighted by Crippen LogP contribution is 2.06. The van der Waals surface area contributed by atoms with Gasteiger partial charge in [0.25, 0.3) is 0 Å². The predicted molar refractivity (Wildman–Crippen MR) is 72.8 cm³/mol. The zero-order valence-electron chi connectivity index (χ0n) is 11.4. The molecule has 0 aromatic heterocycles. The standard InChI is InChI=1S/C12H25N5O/c1-3-4-5-15-12(18)17-8-6-16(7-9-17)10(2)11(13)14/h10H,3-9H2,1-2H3,(H3,13,14)(H,15,18). The first-order chi connectivity index (χ1) is 8.56. The van der Waals surface area contributed by atoms with Crippen molar-refractivity contribution in [1.82, 2.24) is 15.1 Å². The topological polar surface area (TPSA) is 85.5 Å². The molecule has 2 amide bonds. The first-order valence-electron chi connectivity index (χ1n) is 6.67. The van der Waals surface area contributed by atoms with Crippen molar-refractivity contribution in [3.8, 4) is 0 Å². The SMILES string of the molecule is CCCCNC(=O)N1CCN(C(C)C(=N)N)CC1. The van der Waals surface area contributed by atoms with E-state index in [0.29, 0.717) is 13.1 Å². The summed E-state index contributed by atoms with van der Waals surface area (Å²) in [7, 11) is 0. The predicted octanol–water partition coefficient (Wildman–Crippen LogP) is 0.438. The number of hydrogen-bond donors (Lipinski definition) is 3. The van der Waals surface area contributed by atoms with E-state index in [0.717, 1.165) is 32.5 Å². The Labute approximate surface area is 109 Å². The Morgan fingerprint density at radius 2 is 2.00 bits per heavy atom. The van der Waals surface area contributed by atoms with Gasteiger partial charge in [-0.1, -0.05) is 13.3 Å². The van der Waals surface area contributed by atoms with E-state index >= 15 is 0 Å². The number of hydrogen-bond acceptors (Lipinski definition) is 3. The number of nitrogens with zero attached hydrogens (tertiary/aromatic N) is 2. The third kappa shape index (κ3) is 4.18. The Bertz CT molecular complexity index is 286. The maximum atomic E-state index is 11.8. The van der Waals surface area contributed by atoms with Crippen LogP contribution in [0.15, 0.2) is 0 Å². The van der Waals surface area contributed by atoms with Crippen LogP contribution in [0.4, 0.5) is 4.79 Å². The van der Waals surface area contributed by atoms with Crippen molar-refractivity contribution in [3.63, 3.8) is 0 Å². The van der Waals surface area contributed by atoms with Crippen molar-refractivity contribution >= 4 is 11.9 Å². The normalized spacial score (nSPS) is 18.4. The molecule has 4 N–H and O–H groups in total. The maximum Gasteiger partial charge on any atom is 0.317 e. The second kappa shape index (κ2) is 7.20. The highest BCUT2D eigenvalue weighted by Gasteiger charge is 2.24. The number of rotatable bonds is 5. The van der Waals surface area contributed by atoms with Crippen molar-refractivity contribution in [3.05, 3.63) is 0 Å². The molecule has 1 rings (SSSR count). The van der Waals surface area contributed by atoms with Gasteiger partial charge in [-0.3, -0.25) is 10.3 Å². The summed E-state index contributed by atoms with van der Waals surface area (Å²) in [5, 5.41) is 10.3. The Balaban J connectivity index is 2.30. The van der Waals surface area contributed by atoms with E-state index in [1.165, 1.54) is 0 Å². The van der Waals surface area contributed by atoms with Crippen LogP contribution in [0.5, 0.6) is 0 Å². The number of carbonyl (C=O) groups excluding carboxylic acids is 1. The van der Waals surface area contributed by atoms with E-state index in [9.17, 15) is 4.79 Å². The molecule has 1 atom stereocenters. The Hall–Kier alpha value is -1.30. The van der Waals surface area contributed by atoms with Crippen LogP contribution in [0.2, 0.25) is 0 Å². The molecule has 1 saturated heterocycles. The number of amides is 2. The number of unbranched alkanes of at least 4 members (excludes halogenated alkanes) is 1. The third-order valence-electron chi connectivity index (χ3n) is 3.41. The lowest BCUT2D eigenvalue weighted by atomic mass is 10.2. The first-order valence-corrected chi connectivity index (χ1v) is 6.67. The molecule has 0 bridgehead atoms. The molecule has 6 nitrogen and oxygen atoms in total. The van der Waals surface area contributed by atoms with Gasteiger partial charge in [-0.15, -0.1) is 0 Å². The van der Waals surface area contributed by atoms with Crippen molar-refractivity contribution in [2.75, 3.05) is 32.7 Å². The fraction of sp³-hybridized carbons (Fsp3) is 0.833. The van der Waals surface area contributed by atoms with E-state index in [4.69, 9.17) is 11.1 Å².